The van der Waals surface area contributed by atoms with Gasteiger partial charge >= 0.3 is 0 Å². The van der Waals surface area contributed by atoms with Gasteiger partial charge in [-0.15, -0.1) is 0 Å². The largest absolute Gasteiger partial charge is 0.497 e. The first-order chi connectivity index (χ1) is 12.2. The lowest BCUT2D eigenvalue weighted by atomic mass is 9.70. The lowest BCUT2D eigenvalue weighted by Crippen LogP contribution is -2.27. The lowest BCUT2D eigenvalue weighted by molar-refractivity contribution is -0.106. The number of benzene rings is 1. The molecule has 0 radical (unpaired) electrons. The highest BCUT2D eigenvalue weighted by molar-refractivity contribution is 5.86. The predicted octanol–water partition coefficient (Wildman–Crippen LogP) is 6.06. The minimum absolute atomic E-state index is 0.0358. The second kappa shape index (κ2) is 7.02. The molecule has 2 nitrogen and oxygen atoms in total. The molecule has 1 fully saturated rings. The summed E-state index contributed by atoms with van der Waals surface area (Å²) in [6.45, 7) is 11.3. The van der Waals surface area contributed by atoms with Crippen LogP contribution in [0.2, 0.25) is 0 Å². The number of hydrogen-bond donors (Lipinski definition) is 0. The van der Waals surface area contributed by atoms with Crippen molar-refractivity contribution in [2.24, 2.45) is 11.8 Å². The first-order valence-corrected chi connectivity index (χ1v) is 9.57. The third kappa shape index (κ3) is 3.62. The van der Waals surface area contributed by atoms with Crippen molar-refractivity contribution >= 4 is 17.4 Å². The molecule has 0 heterocycles. The van der Waals surface area contributed by atoms with Crippen molar-refractivity contribution in [3.05, 3.63) is 46.5 Å². The van der Waals surface area contributed by atoms with Gasteiger partial charge in [-0.25, -0.2) is 4.39 Å². The van der Waals surface area contributed by atoms with Gasteiger partial charge in [-0.1, -0.05) is 39.8 Å². The molecule has 2 aliphatic rings. The molecule has 0 unspecified atom stereocenters. The van der Waals surface area contributed by atoms with Gasteiger partial charge in [-0.05, 0) is 70.9 Å². The maximum atomic E-state index is 13.8. The molecule has 26 heavy (non-hydrogen) atoms. The average Bonchev–Trinajstić information content (AvgIpc) is 3.41. The Morgan fingerprint density at radius 2 is 2.04 bits per heavy atom. The summed E-state index contributed by atoms with van der Waals surface area (Å²) in [6.07, 6.45) is 3.70. The highest BCUT2D eigenvalue weighted by Gasteiger charge is 2.35. The van der Waals surface area contributed by atoms with E-state index >= 15 is 0 Å². The first-order valence-electron chi connectivity index (χ1n) is 9.57. The van der Waals surface area contributed by atoms with E-state index in [1.165, 1.54) is 24.0 Å². The van der Waals surface area contributed by atoms with Crippen molar-refractivity contribution in [3.63, 3.8) is 0 Å². The van der Waals surface area contributed by atoms with E-state index in [-0.39, 0.29) is 11.7 Å². The van der Waals surface area contributed by atoms with E-state index in [2.05, 4.69) is 33.8 Å². The number of allylic oxidation sites excluding steroid dienone is 4. The predicted molar refractivity (Wildman–Crippen MR) is 104 cm³/mol. The van der Waals surface area contributed by atoms with Gasteiger partial charge in [0, 0.05) is 6.42 Å². The van der Waals surface area contributed by atoms with Gasteiger partial charge < -0.3 is 4.74 Å². The maximum absolute atomic E-state index is 13.8. The molecule has 3 heteroatoms. The summed E-state index contributed by atoms with van der Waals surface area (Å²) in [6, 6.07) is 6.05. The fraction of sp³-hybridized carbons (Fsp3) is 0.522. The molecule has 0 atom stereocenters. The van der Waals surface area contributed by atoms with Gasteiger partial charge in [0.2, 0.25) is 0 Å². The Balaban J connectivity index is 2.12. The number of carbonyl (C=O) groups excluding carboxylic acids is 1. The van der Waals surface area contributed by atoms with Crippen molar-refractivity contribution in [2.75, 3.05) is 6.61 Å². The Morgan fingerprint density at radius 3 is 2.62 bits per heavy atom. The summed E-state index contributed by atoms with van der Waals surface area (Å²) < 4.78 is 20.1. The molecule has 140 valence electrons. The lowest BCUT2D eigenvalue weighted by Gasteiger charge is -2.37. The summed E-state index contributed by atoms with van der Waals surface area (Å²) in [7, 11) is 0. The van der Waals surface area contributed by atoms with Crippen molar-refractivity contribution < 1.29 is 13.9 Å². The Kier molecular flexibility index (Phi) is 5.09. The SMILES string of the molecule is C/C(=C(\F)C=O)c1ccc2c(c1)C(C(C)C)=C(OCC1CC1)CC2(C)C. The van der Waals surface area contributed by atoms with E-state index in [0.717, 1.165) is 29.9 Å². The number of carbonyl (C=O) groups is 1. The minimum Gasteiger partial charge on any atom is -0.497 e. The summed E-state index contributed by atoms with van der Waals surface area (Å²) in [5.41, 5.74) is 4.73. The van der Waals surface area contributed by atoms with Crippen LogP contribution in [0.25, 0.3) is 11.1 Å². The van der Waals surface area contributed by atoms with Crippen LogP contribution < -0.4 is 0 Å². The van der Waals surface area contributed by atoms with Crippen LogP contribution in [0.1, 0.15) is 70.6 Å². The van der Waals surface area contributed by atoms with Crippen LogP contribution >= 0.6 is 0 Å². The van der Waals surface area contributed by atoms with Gasteiger partial charge in [0.05, 0.1) is 6.61 Å². The second-order valence-corrected chi connectivity index (χ2v) is 8.66. The first kappa shape index (κ1) is 18.9. The third-order valence-corrected chi connectivity index (χ3v) is 5.60. The maximum Gasteiger partial charge on any atom is 0.178 e. The summed E-state index contributed by atoms with van der Waals surface area (Å²) in [4.78, 5) is 10.8. The van der Waals surface area contributed by atoms with Crippen LogP contribution in [0, 0.1) is 11.8 Å². The van der Waals surface area contributed by atoms with E-state index in [0.29, 0.717) is 17.4 Å². The molecule has 1 saturated carbocycles. The Hall–Kier alpha value is -1.90. The average molecular weight is 356 g/mol. The quantitative estimate of drug-likeness (QED) is 0.457. The summed E-state index contributed by atoms with van der Waals surface area (Å²) in [5.74, 6) is 1.40. The van der Waals surface area contributed by atoms with Crippen molar-refractivity contribution in [2.45, 2.75) is 59.3 Å². The number of halogens is 1. The van der Waals surface area contributed by atoms with E-state index < -0.39 is 5.83 Å². The zero-order valence-corrected chi connectivity index (χ0v) is 16.5. The van der Waals surface area contributed by atoms with Gasteiger partial charge in [-0.2, -0.15) is 0 Å². The molecule has 0 bridgehead atoms. The molecule has 0 spiro atoms. The standard InChI is InChI=1S/C23H29FO2/c1-14(2)22-18-10-17(15(3)20(24)12-25)8-9-19(18)23(4,5)11-21(22)26-13-16-6-7-16/h8-10,12,14,16H,6-7,11,13H2,1-5H3/b20-15+. The third-order valence-electron chi connectivity index (χ3n) is 5.60. The molecular formula is C23H29FO2. The van der Waals surface area contributed by atoms with E-state index in [4.69, 9.17) is 4.74 Å². The number of fused-ring (bicyclic) bond motifs is 1. The van der Waals surface area contributed by atoms with Gasteiger partial charge in [0.25, 0.3) is 0 Å². The molecule has 2 aliphatic carbocycles. The van der Waals surface area contributed by atoms with E-state index in [1.807, 2.05) is 12.1 Å². The zero-order chi connectivity index (χ0) is 19.1. The highest BCUT2D eigenvalue weighted by atomic mass is 19.1. The molecule has 3 rings (SSSR count). The van der Waals surface area contributed by atoms with Crippen LogP contribution in [0.3, 0.4) is 0 Å². The van der Waals surface area contributed by atoms with Crippen molar-refractivity contribution in [1.29, 1.82) is 0 Å². The zero-order valence-electron chi connectivity index (χ0n) is 16.5. The van der Waals surface area contributed by atoms with Crippen LogP contribution in [0.4, 0.5) is 4.39 Å². The molecule has 0 amide bonds. The molecule has 0 aromatic heterocycles. The molecule has 0 N–H and O–H groups in total. The van der Waals surface area contributed by atoms with Crippen LogP contribution in [-0.2, 0) is 14.9 Å². The van der Waals surface area contributed by atoms with Crippen LogP contribution in [0.5, 0.6) is 0 Å². The van der Waals surface area contributed by atoms with E-state index in [1.54, 1.807) is 6.92 Å². The van der Waals surface area contributed by atoms with Crippen LogP contribution in [-0.4, -0.2) is 12.9 Å². The Labute approximate surface area is 156 Å². The highest BCUT2D eigenvalue weighted by Crippen LogP contribution is 2.46. The topological polar surface area (TPSA) is 26.3 Å². The Bertz CT molecular complexity index is 779. The van der Waals surface area contributed by atoms with Gasteiger partial charge in [-0.3, -0.25) is 4.79 Å². The number of rotatable bonds is 6. The second-order valence-electron chi connectivity index (χ2n) is 8.66. The fourth-order valence-corrected chi connectivity index (χ4v) is 3.82. The number of hydrogen-bond acceptors (Lipinski definition) is 2. The van der Waals surface area contributed by atoms with Gasteiger partial charge in [0.15, 0.2) is 12.1 Å². The number of aldehydes is 1. The van der Waals surface area contributed by atoms with Gasteiger partial charge in [0.1, 0.15) is 5.76 Å². The molecule has 1 aromatic rings. The summed E-state index contributed by atoms with van der Waals surface area (Å²) >= 11 is 0. The smallest absolute Gasteiger partial charge is 0.178 e. The van der Waals surface area contributed by atoms with E-state index in [9.17, 15) is 9.18 Å². The summed E-state index contributed by atoms with van der Waals surface area (Å²) in [5, 5.41) is 0. The number of ether oxygens (including phenoxy) is 1. The Morgan fingerprint density at radius 1 is 1.35 bits per heavy atom. The van der Waals surface area contributed by atoms with Crippen LogP contribution in [0.15, 0.2) is 29.8 Å². The minimum atomic E-state index is -0.708. The fourth-order valence-electron chi connectivity index (χ4n) is 3.82. The van der Waals surface area contributed by atoms with Crippen molar-refractivity contribution in [1.82, 2.24) is 0 Å². The molecule has 0 aliphatic heterocycles. The molecule has 1 aromatic carbocycles. The molecular weight excluding hydrogens is 327 g/mol. The molecule has 0 saturated heterocycles. The monoisotopic (exact) mass is 356 g/mol. The normalized spacial score (nSPS) is 20.0. The van der Waals surface area contributed by atoms with Crippen molar-refractivity contribution in [3.8, 4) is 0 Å².